The zero-order valence-electron chi connectivity index (χ0n) is 23.9. The van der Waals surface area contributed by atoms with Crippen LogP contribution in [-0.4, -0.2) is 23.9 Å². The molecule has 194 valence electrons. The van der Waals surface area contributed by atoms with Crippen molar-refractivity contribution in [3.8, 4) is 0 Å². The van der Waals surface area contributed by atoms with E-state index in [0.717, 1.165) is 36.2 Å². The zero-order chi connectivity index (χ0) is 25.3. The van der Waals surface area contributed by atoms with E-state index in [1.807, 2.05) is 26.5 Å². The molecule has 0 aromatic heterocycles. The first-order valence-corrected chi connectivity index (χ1v) is 14.3. The van der Waals surface area contributed by atoms with Crippen molar-refractivity contribution in [3.63, 3.8) is 0 Å². The summed E-state index contributed by atoms with van der Waals surface area (Å²) >= 11 is 0. The molecule has 3 saturated carbocycles. The lowest BCUT2D eigenvalue weighted by Gasteiger charge is -2.64. The van der Waals surface area contributed by atoms with E-state index in [1.165, 1.54) is 44.9 Å². The van der Waals surface area contributed by atoms with Crippen molar-refractivity contribution in [2.24, 2.45) is 45.3 Å². The molecule has 0 amide bonds. The van der Waals surface area contributed by atoms with Crippen LogP contribution in [-0.2, 0) is 4.74 Å². The van der Waals surface area contributed by atoms with Crippen molar-refractivity contribution >= 4 is 0 Å². The molecule has 0 aromatic rings. The topological polar surface area (TPSA) is 29.5 Å². The number of allylic oxidation sites excluding steroid dienone is 2. The normalized spacial score (nSPS) is 45.9. The van der Waals surface area contributed by atoms with Crippen LogP contribution in [0.5, 0.6) is 0 Å². The number of rotatable bonds is 6. The molecule has 2 unspecified atom stereocenters. The molecule has 0 aliphatic heterocycles. The van der Waals surface area contributed by atoms with Gasteiger partial charge >= 0.3 is 0 Å². The van der Waals surface area contributed by atoms with E-state index in [1.54, 1.807) is 0 Å². The minimum Gasteiger partial charge on any atom is -0.386 e. The summed E-state index contributed by atoms with van der Waals surface area (Å²) in [6.45, 7) is 23.3. The number of fused-ring (bicyclic) bond motifs is 5. The Labute approximate surface area is 211 Å². The molecule has 4 aliphatic rings. The maximum Gasteiger partial charge on any atom is 0.0823 e. The van der Waals surface area contributed by atoms with E-state index in [0.29, 0.717) is 28.3 Å². The monoisotopic (exact) mass is 470 g/mol. The maximum atomic E-state index is 10.8. The van der Waals surface area contributed by atoms with Crippen molar-refractivity contribution in [2.75, 3.05) is 7.11 Å². The second-order valence-corrected chi connectivity index (χ2v) is 14.6. The minimum absolute atomic E-state index is 0.238. The first kappa shape index (κ1) is 26.5. The van der Waals surface area contributed by atoms with Gasteiger partial charge in [-0.15, -0.1) is 0 Å². The minimum atomic E-state index is -0.739. The Bertz CT molecular complexity index is 836. The third-order valence-corrected chi connectivity index (χ3v) is 12.8. The van der Waals surface area contributed by atoms with Crippen molar-refractivity contribution in [3.05, 3.63) is 23.8 Å². The molecule has 2 nitrogen and oxygen atoms in total. The van der Waals surface area contributed by atoms with Crippen molar-refractivity contribution in [2.45, 2.75) is 125 Å². The predicted molar refractivity (Wildman–Crippen MR) is 144 cm³/mol. The lowest BCUT2D eigenvalue weighted by Crippen LogP contribution is -2.58. The molecule has 4 aliphatic carbocycles. The highest BCUT2D eigenvalue weighted by molar-refractivity contribution is 5.32. The summed E-state index contributed by atoms with van der Waals surface area (Å²) in [5, 5.41) is 10.8. The van der Waals surface area contributed by atoms with Gasteiger partial charge in [0, 0.05) is 7.11 Å². The summed E-state index contributed by atoms with van der Waals surface area (Å²) in [7, 11) is 1.92. The Kier molecular flexibility index (Phi) is 6.60. The predicted octanol–water partition coefficient (Wildman–Crippen LogP) is 8.35. The van der Waals surface area contributed by atoms with E-state index in [4.69, 9.17) is 4.74 Å². The molecule has 0 bridgehead atoms. The summed E-state index contributed by atoms with van der Waals surface area (Å²) in [5.41, 5.74) is 3.30. The molecule has 0 heterocycles. The number of hydrogen-bond acceptors (Lipinski definition) is 2. The van der Waals surface area contributed by atoms with Gasteiger partial charge in [0.05, 0.1) is 11.7 Å². The lowest BCUT2D eigenvalue weighted by atomic mass is 9.41. The van der Waals surface area contributed by atoms with Gasteiger partial charge in [-0.25, -0.2) is 0 Å². The molecule has 2 heteroatoms. The van der Waals surface area contributed by atoms with Gasteiger partial charge in [-0.1, -0.05) is 59.8 Å². The summed E-state index contributed by atoms with van der Waals surface area (Å²) in [6, 6.07) is 0. The quantitative estimate of drug-likeness (QED) is 0.395. The number of ether oxygens (including phenoxy) is 1. The fourth-order valence-corrected chi connectivity index (χ4v) is 10.0. The van der Waals surface area contributed by atoms with Gasteiger partial charge in [-0.2, -0.15) is 0 Å². The molecule has 3 fully saturated rings. The standard InChI is InChI=1S/C32H54O2/c1-21(2)32(9,33)20-13-22(3)23-14-18-31(8)25-11-12-26-28(4,5)27(34-10)16-17-29(26,6)24(25)15-19-30(23,31)7/h15,22-23,25-27,33H,1,11-14,16-20H2,2-10H3/t22-,23-,25-,26?,27+,29-,30-,31+,32?/m1/s1. The average Bonchev–Trinajstić information content (AvgIpc) is 3.03. The smallest absolute Gasteiger partial charge is 0.0823 e. The average molecular weight is 471 g/mol. The Morgan fingerprint density at radius 1 is 1.12 bits per heavy atom. The van der Waals surface area contributed by atoms with Crippen LogP contribution in [0.4, 0.5) is 0 Å². The van der Waals surface area contributed by atoms with Crippen LogP contribution in [0.3, 0.4) is 0 Å². The number of hydrogen-bond donors (Lipinski definition) is 1. The molecule has 0 saturated heterocycles. The van der Waals surface area contributed by atoms with Crippen LogP contribution in [0.2, 0.25) is 0 Å². The van der Waals surface area contributed by atoms with E-state index in [2.05, 4.69) is 54.2 Å². The van der Waals surface area contributed by atoms with Crippen LogP contribution >= 0.6 is 0 Å². The Morgan fingerprint density at radius 2 is 1.79 bits per heavy atom. The maximum absolute atomic E-state index is 10.8. The second-order valence-electron chi connectivity index (χ2n) is 14.6. The van der Waals surface area contributed by atoms with Crippen LogP contribution < -0.4 is 0 Å². The number of methoxy groups -OCH3 is 1. The lowest BCUT2D eigenvalue weighted by molar-refractivity contribution is -0.130. The second kappa shape index (κ2) is 8.47. The van der Waals surface area contributed by atoms with Gasteiger partial charge in [0.2, 0.25) is 0 Å². The molecular weight excluding hydrogens is 416 g/mol. The highest BCUT2D eigenvalue weighted by atomic mass is 16.5. The van der Waals surface area contributed by atoms with Crippen LogP contribution in [0.25, 0.3) is 0 Å². The van der Waals surface area contributed by atoms with Crippen molar-refractivity contribution in [1.29, 1.82) is 0 Å². The largest absolute Gasteiger partial charge is 0.386 e. The first-order chi connectivity index (χ1) is 15.6. The van der Waals surface area contributed by atoms with Gasteiger partial charge in [0.1, 0.15) is 0 Å². The molecule has 9 atom stereocenters. The van der Waals surface area contributed by atoms with Gasteiger partial charge in [-0.3, -0.25) is 0 Å². The van der Waals surface area contributed by atoms with Crippen molar-refractivity contribution < 1.29 is 9.84 Å². The Morgan fingerprint density at radius 3 is 2.41 bits per heavy atom. The molecule has 0 radical (unpaired) electrons. The van der Waals surface area contributed by atoms with Gasteiger partial charge in [-0.05, 0) is 123 Å². The van der Waals surface area contributed by atoms with E-state index in [9.17, 15) is 5.11 Å². The Hall–Kier alpha value is -0.600. The summed E-state index contributed by atoms with van der Waals surface area (Å²) in [6.07, 6.45) is 14.2. The van der Waals surface area contributed by atoms with Gasteiger partial charge in [0.25, 0.3) is 0 Å². The van der Waals surface area contributed by atoms with E-state index >= 15 is 0 Å². The third kappa shape index (κ3) is 3.63. The van der Waals surface area contributed by atoms with Crippen LogP contribution in [0.1, 0.15) is 113 Å². The molecular formula is C32H54O2. The SMILES string of the molecule is C=C(C)C(C)(O)CC[C@@H](C)[C@H]1CC[C@@]2(C)[C@@H]3CCC4C(C)(C)[C@@H](OC)CC[C@]4(C)C3=CC[C@]12C. The number of aliphatic hydroxyl groups is 1. The van der Waals surface area contributed by atoms with Crippen LogP contribution in [0, 0.1) is 45.3 Å². The fraction of sp³-hybridized carbons (Fsp3) is 0.875. The van der Waals surface area contributed by atoms with Crippen molar-refractivity contribution in [1.82, 2.24) is 0 Å². The molecule has 0 spiro atoms. The zero-order valence-corrected chi connectivity index (χ0v) is 23.9. The van der Waals surface area contributed by atoms with Gasteiger partial charge in [0.15, 0.2) is 0 Å². The molecule has 4 rings (SSSR count). The highest BCUT2D eigenvalue weighted by Gasteiger charge is 2.65. The highest BCUT2D eigenvalue weighted by Crippen LogP contribution is 2.73. The van der Waals surface area contributed by atoms with Crippen LogP contribution in [0.15, 0.2) is 23.8 Å². The summed E-state index contributed by atoms with van der Waals surface area (Å²) in [4.78, 5) is 0. The first-order valence-electron chi connectivity index (χ1n) is 14.3. The third-order valence-electron chi connectivity index (χ3n) is 12.8. The molecule has 0 aromatic carbocycles. The summed E-state index contributed by atoms with van der Waals surface area (Å²) in [5.74, 6) is 2.82. The fourth-order valence-electron chi connectivity index (χ4n) is 10.0. The van der Waals surface area contributed by atoms with Gasteiger partial charge < -0.3 is 9.84 Å². The summed E-state index contributed by atoms with van der Waals surface area (Å²) < 4.78 is 6.00. The Balaban J connectivity index is 1.60. The van der Waals surface area contributed by atoms with E-state index < -0.39 is 5.60 Å². The molecule has 1 N–H and O–H groups in total. The molecule has 34 heavy (non-hydrogen) atoms. The van der Waals surface area contributed by atoms with E-state index in [-0.39, 0.29) is 5.41 Å².